The van der Waals surface area contributed by atoms with Crippen molar-refractivity contribution < 1.29 is 19.4 Å². The van der Waals surface area contributed by atoms with E-state index in [1.165, 1.54) is 11.6 Å². The molecule has 5 nitrogen and oxygen atoms in total. The molecule has 2 aliphatic carbocycles. The average Bonchev–Trinajstić information content (AvgIpc) is 2.91. The molecule has 126 valence electrons. The van der Waals surface area contributed by atoms with Gasteiger partial charge in [-0.25, -0.2) is 0 Å². The lowest BCUT2D eigenvalue weighted by Crippen LogP contribution is -2.69. The van der Waals surface area contributed by atoms with Gasteiger partial charge in [-0.15, -0.1) is 0 Å². The second-order valence-corrected chi connectivity index (χ2v) is 7.47. The lowest BCUT2D eigenvalue weighted by atomic mass is 9.53. The largest absolute Gasteiger partial charge is 0.493 e. The molecule has 0 unspecified atom stereocenters. The van der Waals surface area contributed by atoms with Crippen LogP contribution in [0.5, 0.6) is 11.5 Å². The monoisotopic (exact) mass is 327 g/mol. The van der Waals surface area contributed by atoms with Crippen LogP contribution in [0.15, 0.2) is 24.3 Å². The van der Waals surface area contributed by atoms with E-state index in [0.29, 0.717) is 11.5 Å². The first-order chi connectivity index (χ1) is 11.5. The number of likely N-dealkylation sites (tertiary alicyclic amines) is 1. The molecule has 1 spiro atoms. The highest BCUT2D eigenvalue weighted by atomic mass is 16.5. The number of likely N-dealkylation sites (N-methyl/N-ethyl adjacent to an activating group) is 1. The van der Waals surface area contributed by atoms with Gasteiger partial charge in [-0.2, -0.15) is 0 Å². The van der Waals surface area contributed by atoms with Crippen LogP contribution in [0, 0.1) is 0 Å². The van der Waals surface area contributed by atoms with Crippen LogP contribution in [-0.4, -0.2) is 54.2 Å². The van der Waals surface area contributed by atoms with E-state index in [0.717, 1.165) is 31.4 Å². The van der Waals surface area contributed by atoms with Gasteiger partial charge in [-0.05, 0) is 56.6 Å². The normalized spacial score (nSPS) is 39.2. The van der Waals surface area contributed by atoms with Gasteiger partial charge in [0.25, 0.3) is 0 Å². The molecule has 5 heteroatoms. The van der Waals surface area contributed by atoms with E-state index in [2.05, 4.69) is 18.0 Å². The van der Waals surface area contributed by atoms with Crippen molar-refractivity contribution in [2.45, 2.75) is 42.4 Å². The Bertz CT molecular complexity index is 788. The molecular formula is C19H21NO4. The first kappa shape index (κ1) is 14.5. The number of benzene rings is 1. The number of carbonyl (C=O) groups is 1. The SMILES string of the molecule is COc1ccc2c3c1O[C@H]1C(=O)C=C[C@@]4(O)[C@@H](C2)N(C)CCC[C@]314. The number of carbonyl (C=O) groups excluding carboxylic acids is 1. The minimum Gasteiger partial charge on any atom is -0.493 e. The second-order valence-electron chi connectivity index (χ2n) is 7.47. The first-order valence-electron chi connectivity index (χ1n) is 8.55. The molecule has 0 radical (unpaired) electrons. The van der Waals surface area contributed by atoms with E-state index in [-0.39, 0.29) is 11.8 Å². The van der Waals surface area contributed by atoms with Gasteiger partial charge in [0.2, 0.25) is 0 Å². The van der Waals surface area contributed by atoms with Crippen LogP contribution in [0.2, 0.25) is 0 Å². The molecule has 24 heavy (non-hydrogen) atoms. The molecule has 0 saturated carbocycles. The van der Waals surface area contributed by atoms with Crippen molar-refractivity contribution in [3.8, 4) is 11.5 Å². The molecule has 0 aromatic heterocycles. The maximum Gasteiger partial charge on any atom is 0.196 e. The van der Waals surface area contributed by atoms with Crippen LogP contribution in [0.4, 0.5) is 0 Å². The van der Waals surface area contributed by atoms with E-state index in [1.54, 1.807) is 13.2 Å². The summed E-state index contributed by atoms with van der Waals surface area (Å²) in [7, 11) is 3.67. The Morgan fingerprint density at radius 1 is 1.42 bits per heavy atom. The lowest BCUT2D eigenvalue weighted by Gasteiger charge is -2.54. The predicted octanol–water partition coefficient (Wildman–Crippen LogP) is 1.21. The van der Waals surface area contributed by atoms with Gasteiger partial charge >= 0.3 is 0 Å². The van der Waals surface area contributed by atoms with E-state index < -0.39 is 17.1 Å². The number of ketones is 1. The van der Waals surface area contributed by atoms with Crippen molar-refractivity contribution in [1.82, 2.24) is 4.90 Å². The molecule has 1 saturated heterocycles. The topological polar surface area (TPSA) is 59.0 Å². The van der Waals surface area contributed by atoms with Gasteiger partial charge in [-0.1, -0.05) is 6.07 Å². The number of hydrogen-bond acceptors (Lipinski definition) is 5. The fourth-order valence-electron chi connectivity index (χ4n) is 5.53. The number of hydrogen-bond donors (Lipinski definition) is 1. The van der Waals surface area contributed by atoms with Gasteiger partial charge in [0.05, 0.1) is 12.5 Å². The summed E-state index contributed by atoms with van der Waals surface area (Å²) in [6, 6.07) is 3.93. The summed E-state index contributed by atoms with van der Waals surface area (Å²) in [5, 5.41) is 11.8. The van der Waals surface area contributed by atoms with Gasteiger partial charge in [-0.3, -0.25) is 9.69 Å². The second kappa shape index (κ2) is 4.41. The third-order valence-corrected chi connectivity index (χ3v) is 6.57. The summed E-state index contributed by atoms with van der Waals surface area (Å²) in [6.07, 6.45) is 4.99. The Balaban J connectivity index is 1.89. The number of ether oxygens (including phenoxy) is 2. The maximum absolute atomic E-state index is 12.7. The molecule has 2 heterocycles. The molecule has 4 aliphatic rings. The van der Waals surface area contributed by atoms with Crippen molar-refractivity contribution in [3.05, 3.63) is 35.4 Å². The van der Waals surface area contributed by atoms with Crippen molar-refractivity contribution in [2.75, 3.05) is 20.7 Å². The lowest BCUT2D eigenvalue weighted by molar-refractivity contribution is -0.137. The first-order valence-corrected chi connectivity index (χ1v) is 8.55. The summed E-state index contributed by atoms with van der Waals surface area (Å²) >= 11 is 0. The van der Waals surface area contributed by atoms with Crippen LogP contribution < -0.4 is 9.47 Å². The molecule has 1 aromatic rings. The summed E-state index contributed by atoms with van der Waals surface area (Å²) in [6.45, 7) is 0.907. The quantitative estimate of drug-likeness (QED) is 0.840. The predicted molar refractivity (Wildman–Crippen MR) is 87.5 cm³/mol. The molecule has 0 amide bonds. The van der Waals surface area contributed by atoms with Crippen LogP contribution in [0.3, 0.4) is 0 Å². The molecular weight excluding hydrogens is 306 g/mol. The minimum atomic E-state index is -1.10. The molecule has 2 bridgehead atoms. The molecule has 1 N–H and O–H groups in total. The molecule has 1 fully saturated rings. The third kappa shape index (κ3) is 1.38. The standard InChI is InChI=1S/C19H21NO4/c1-20-9-3-7-18-15-11-4-5-13(23-2)16(15)24-17(18)12(21)6-8-19(18,22)14(20)10-11/h4-6,8,14,17,22H,3,7,9-10H2,1-2H3/t14-,17+,18+,19-/m1/s1. The average molecular weight is 327 g/mol. The highest BCUT2D eigenvalue weighted by Gasteiger charge is 2.70. The van der Waals surface area contributed by atoms with Crippen molar-refractivity contribution in [3.63, 3.8) is 0 Å². The van der Waals surface area contributed by atoms with E-state index >= 15 is 0 Å². The number of rotatable bonds is 1. The summed E-state index contributed by atoms with van der Waals surface area (Å²) in [5.41, 5.74) is 0.367. The fraction of sp³-hybridized carbons (Fsp3) is 0.526. The van der Waals surface area contributed by atoms with Gasteiger partial charge in [0.15, 0.2) is 23.4 Å². The number of nitrogens with zero attached hydrogens (tertiary/aromatic N) is 1. The Labute approximate surface area is 140 Å². The Hall–Kier alpha value is -1.85. The number of methoxy groups -OCH3 is 1. The van der Waals surface area contributed by atoms with Gasteiger partial charge in [0.1, 0.15) is 5.60 Å². The van der Waals surface area contributed by atoms with Gasteiger partial charge in [0, 0.05) is 11.6 Å². The van der Waals surface area contributed by atoms with E-state index in [4.69, 9.17) is 9.47 Å². The zero-order chi connectivity index (χ0) is 16.7. The zero-order valence-corrected chi connectivity index (χ0v) is 13.9. The van der Waals surface area contributed by atoms with Crippen LogP contribution in [-0.2, 0) is 16.6 Å². The molecule has 1 aromatic carbocycles. The van der Waals surface area contributed by atoms with Crippen molar-refractivity contribution >= 4 is 5.78 Å². The zero-order valence-electron chi connectivity index (χ0n) is 13.9. The third-order valence-electron chi connectivity index (χ3n) is 6.57. The number of aliphatic hydroxyl groups is 1. The summed E-state index contributed by atoms with van der Waals surface area (Å²) < 4.78 is 11.6. The van der Waals surface area contributed by atoms with Crippen LogP contribution >= 0.6 is 0 Å². The van der Waals surface area contributed by atoms with Crippen molar-refractivity contribution in [2.24, 2.45) is 0 Å². The van der Waals surface area contributed by atoms with Crippen molar-refractivity contribution in [1.29, 1.82) is 0 Å². The minimum absolute atomic E-state index is 0.0534. The van der Waals surface area contributed by atoms with E-state index in [1.807, 2.05) is 6.07 Å². The maximum atomic E-state index is 12.7. The highest BCUT2D eigenvalue weighted by molar-refractivity contribution is 5.99. The Morgan fingerprint density at radius 3 is 3.04 bits per heavy atom. The molecule has 2 aliphatic heterocycles. The smallest absolute Gasteiger partial charge is 0.196 e. The van der Waals surface area contributed by atoms with Gasteiger partial charge < -0.3 is 14.6 Å². The molecule has 5 rings (SSSR count). The molecule has 4 atom stereocenters. The van der Waals surface area contributed by atoms with E-state index in [9.17, 15) is 9.90 Å². The highest BCUT2D eigenvalue weighted by Crippen LogP contribution is 2.63. The Kier molecular flexibility index (Phi) is 2.66. The summed E-state index contributed by atoms with van der Waals surface area (Å²) in [4.78, 5) is 14.9. The van der Waals surface area contributed by atoms with Crippen LogP contribution in [0.1, 0.15) is 24.0 Å². The van der Waals surface area contributed by atoms with Crippen LogP contribution in [0.25, 0.3) is 0 Å². The summed E-state index contributed by atoms with van der Waals surface area (Å²) in [5.74, 6) is 1.23. The fourth-order valence-corrected chi connectivity index (χ4v) is 5.53. The Morgan fingerprint density at radius 2 is 2.25 bits per heavy atom.